The summed E-state index contributed by atoms with van der Waals surface area (Å²) >= 11 is 0. The summed E-state index contributed by atoms with van der Waals surface area (Å²) in [6.07, 6.45) is -5.73. The van der Waals surface area contributed by atoms with Gasteiger partial charge in [-0.25, -0.2) is 15.0 Å². The fourth-order valence-corrected chi connectivity index (χ4v) is 3.79. The monoisotopic (exact) mass is 535 g/mol. The van der Waals surface area contributed by atoms with Crippen LogP contribution < -0.4 is 15.6 Å². The molecule has 0 aliphatic rings. The zero-order chi connectivity index (χ0) is 27.2. The Labute approximate surface area is 208 Å². The summed E-state index contributed by atoms with van der Waals surface area (Å²) in [5.41, 5.74) is 1.34. The summed E-state index contributed by atoms with van der Waals surface area (Å²) in [4.78, 5) is 29.6. The number of anilines is 1. The van der Waals surface area contributed by atoms with Crippen LogP contribution in [0.3, 0.4) is 0 Å². The number of pyridine rings is 2. The predicted molar refractivity (Wildman–Crippen MR) is 124 cm³/mol. The molecule has 196 valence electrons. The number of nitrogens with zero attached hydrogens (tertiary/aromatic N) is 6. The van der Waals surface area contributed by atoms with E-state index in [4.69, 9.17) is 0 Å². The smallest absolute Gasteiger partial charge is 0.388 e. The number of hydrogen-bond donors (Lipinski definition) is 1. The quantitative estimate of drug-likeness (QED) is 0.329. The number of nitrogens with one attached hydrogen (secondary N) is 1. The van der Waals surface area contributed by atoms with E-state index in [1.165, 1.54) is 12.3 Å². The third kappa shape index (κ3) is 5.07. The molecule has 0 spiro atoms. The van der Waals surface area contributed by atoms with E-state index in [9.17, 15) is 31.1 Å². The second-order valence-electron chi connectivity index (χ2n) is 8.10. The minimum absolute atomic E-state index is 0.00143. The van der Waals surface area contributed by atoms with Gasteiger partial charge in [-0.3, -0.25) is 9.36 Å². The van der Waals surface area contributed by atoms with Crippen LogP contribution in [0.5, 0.6) is 5.88 Å². The highest BCUT2D eigenvalue weighted by molar-refractivity contribution is 5.86. The first kappa shape index (κ1) is 25.0. The van der Waals surface area contributed by atoms with Crippen LogP contribution in [0.4, 0.5) is 32.3 Å². The first-order chi connectivity index (χ1) is 17.9. The molecule has 5 rings (SSSR count). The summed E-state index contributed by atoms with van der Waals surface area (Å²) < 4.78 is 82.4. The van der Waals surface area contributed by atoms with Crippen molar-refractivity contribution in [2.75, 3.05) is 11.9 Å². The number of rotatable bonds is 5. The van der Waals surface area contributed by atoms with Crippen molar-refractivity contribution >= 4 is 28.0 Å². The van der Waals surface area contributed by atoms with Gasteiger partial charge in [0.15, 0.2) is 5.65 Å². The number of aryl methyl sites for hydroxylation is 1. The molecule has 4 heterocycles. The summed E-state index contributed by atoms with van der Waals surface area (Å²) in [7, 11) is 1.78. The molecule has 9 nitrogen and oxygen atoms in total. The van der Waals surface area contributed by atoms with E-state index < -0.39 is 36.5 Å². The highest BCUT2D eigenvalue weighted by Gasteiger charge is 2.32. The Kier molecular flexibility index (Phi) is 5.92. The maximum absolute atomic E-state index is 13.7. The Morgan fingerprint density at radius 1 is 0.974 bits per heavy atom. The molecule has 38 heavy (non-hydrogen) atoms. The lowest BCUT2D eigenvalue weighted by atomic mass is 10.1. The molecular weight excluding hydrogens is 520 g/mol. The van der Waals surface area contributed by atoms with E-state index in [1.807, 2.05) is 5.32 Å². The molecule has 0 fully saturated rings. The minimum atomic E-state index is -4.98. The number of alkyl halides is 6. The van der Waals surface area contributed by atoms with E-state index in [-0.39, 0.29) is 22.3 Å². The maximum Gasteiger partial charge on any atom is 0.574 e. The van der Waals surface area contributed by atoms with Gasteiger partial charge in [0.2, 0.25) is 11.8 Å². The van der Waals surface area contributed by atoms with Gasteiger partial charge in [0, 0.05) is 30.3 Å². The van der Waals surface area contributed by atoms with Gasteiger partial charge in [-0.15, -0.1) is 13.2 Å². The Balaban J connectivity index is 1.69. The number of hydrogen-bond acceptors (Lipinski definition) is 7. The van der Waals surface area contributed by atoms with Crippen LogP contribution in [0, 0.1) is 0 Å². The number of imidazole rings is 1. The van der Waals surface area contributed by atoms with Crippen molar-refractivity contribution in [3.8, 4) is 22.7 Å². The molecule has 0 radical (unpaired) electrons. The van der Waals surface area contributed by atoms with E-state index in [1.54, 1.807) is 36.1 Å². The molecule has 0 saturated heterocycles. The lowest BCUT2D eigenvalue weighted by Crippen LogP contribution is -2.24. The van der Waals surface area contributed by atoms with Gasteiger partial charge in [-0.2, -0.15) is 18.2 Å². The van der Waals surface area contributed by atoms with Gasteiger partial charge in [0.05, 0.1) is 29.2 Å². The zero-order valence-corrected chi connectivity index (χ0v) is 19.2. The lowest BCUT2D eigenvalue weighted by Gasteiger charge is -2.15. The Morgan fingerprint density at radius 2 is 1.76 bits per heavy atom. The fraction of sp³-hybridized carbons (Fsp3) is 0.174. The average Bonchev–Trinajstić information content (AvgIpc) is 3.21. The van der Waals surface area contributed by atoms with Crippen LogP contribution >= 0.6 is 0 Å². The fourth-order valence-electron chi connectivity index (χ4n) is 3.79. The van der Waals surface area contributed by atoms with Crippen LogP contribution in [0.2, 0.25) is 0 Å². The molecule has 0 amide bonds. The van der Waals surface area contributed by atoms with Gasteiger partial charge in [0.1, 0.15) is 6.54 Å². The summed E-state index contributed by atoms with van der Waals surface area (Å²) in [5, 5.41) is 2.32. The number of aromatic nitrogens is 6. The molecule has 15 heteroatoms. The van der Waals surface area contributed by atoms with E-state index in [0.717, 1.165) is 28.4 Å². The molecule has 0 aliphatic heterocycles. The Hall–Kier alpha value is -4.69. The van der Waals surface area contributed by atoms with Crippen molar-refractivity contribution in [2.24, 2.45) is 7.05 Å². The molecule has 0 saturated carbocycles. The third-order valence-electron chi connectivity index (χ3n) is 5.42. The van der Waals surface area contributed by atoms with Crippen LogP contribution in [-0.4, -0.2) is 48.2 Å². The van der Waals surface area contributed by atoms with Crippen LogP contribution in [-0.2, 0) is 7.05 Å². The van der Waals surface area contributed by atoms with Crippen molar-refractivity contribution < 1.29 is 31.1 Å². The van der Waals surface area contributed by atoms with Crippen molar-refractivity contribution in [2.45, 2.75) is 12.5 Å². The van der Waals surface area contributed by atoms with Crippen LogP contribution in [0.15, 0.2) is 59.9 Å². The van der Waals surface area contributed by atoms with Gasteiger partial charge < -0.3 is 14.6 Å². The Bertz CT molecular complexity index is 1710. The Morgan fingerprint density at radius 3 is 2.45 bits per heavy atom. The van der Waals surface area contributed by atoms with Gasteiger partial charge in [-0.1, -0.05) is 6.07 Å². The third-order valence-corrected chi connectivity index (χ3v) is 5.42. The topological polar surface area (TPSA) is 99.8 Å². The predicted octanol–water partition coefficient (Wildman–Crippen LogP) is 4.60. The largest absolute Gasteiger partial charge is 0.574 e. The highest BCUT2D eigenvalue weighted by Crippen LogP contribution is 2.27. The lowest BCUT2D eigenvalue weighted by molar-refractivity contribution is -0.276. The standard InChI is InChI=1S/C23H15F6N7O2/c1-35-11-33-16-4-2-12(7-17(16)35)15-6-13-8-31-21(32-10-22(24,25)26)34-19(13)36(20(15)37)14-3-5-18(30-9-14)38-23(27,28)29/h2-9,11H,10H2,1H3,(H,31,32,34). The average molecular weight is 535 g/mol. The molecule has 1 aromatic carbocycles. The first-order valence-corrected chi connectivity index (χ1v) is 10.7. The van der Waals surface area contributed by atoms with E-state index >= 15 is 0 Å². The zero-order valence-electron chi connectivity index (χ0n) is 19.2. The van der Waals surface area contributed by atoms with Gasteiger partial charge in [0.25, 0.3) is 5.56 Å². The first-order valence-electron chi connectivity index (χ1n) is 10.7. The van der Waals surface area contributed by atoms with Gasteiger partial charge >= 0.3 is 12.5 Å². The molecule has 4 aromatic heterocycles. The number of fused-ring (bicyclic) bond motifs is 2. The normalized spacial score (nSPS) is 12.3. The van der Waals surface area contributed by atoms with Crippen molar-refractivity contribution in [1.29, 1.82) is 0 Å². The number of ether oxygens (including phenoxy) is 1. The van der Waals surface area contributed by atoms with E-state index in [0.29, 0.717) is 11.1 Å². The van der Waals surface area contributed by atoms with Crippen LogP contribution in [0.25, 0.3) is 38.9 Å². The van der Waals surface area contributed by atoms with E-state index in [2.05, 4.69) is 24.7 Å². The molecule has 0 aliphatic carbocycles. The van der Waals surface area contributed by atoms with Crippen LogP contribution in [0.1, 0.15) is 0 Å². The molecule has 0 atom stereocenters. The highest BCUT2D eigenvalue weighted by atomic mass is 19.4. The summed E-state index contributed by atoms with van der Waals surface area (Å²) in [6, 6.07) is 8.64. The van der Waals surface area contributed by atoms with Crippen molar-refractivity contribution in [3.63, 3.8) is 0 Å². The molecule has 5 aromatic rings. The SMILES string of the molecule is Cn1cnc2ccc(-c3cc4cnc(NCC(F)(F)F)nc4n(-c4ccc(OC(F)(F)F)nc4)c3=O)cc21. The molecule has 1 N–H and O–H groups in total. The minimum Gasteiger partial charge on any atom is -0.388 e. The molecule has 0 unspecified atom stereocenters. The van der Waals surface area contributed by atoms with Crippen molar-refractivity contribution in [3.05, 3.63) is 65.5 Å². The number of benzene rings is 1. The second-order valence-corrected chi connectivity index (χ2v) is 8.10. The van der Waals surface area contributed by atoms with Crippen molar-refractivity contribution in [1.82, 2.24) is 29.1 Å². The summed E-state index contributed by atoms with van der Waals surface area (Å²) in [5.74, 6) is -1.17. The summed E-state index contributed by atoms with van der Waals surface area (Å²) in [6.45, 7) is -1.42. The molecular formula is C23H15F6N7O2. The maximum atomic E-state index is 13.7. The molecule has 0 bridgehead atoms. The van der Waals surface area contributed by atoms with Gasteiger partial charge in [-0.05, 0) is 29.8 Å². The number of halogens is 6. The second kappa shape index (κ2) is 9.00.